The van der Waals surface area contributed by atoms with Gasteiger partial charge in [0.1, 0.15) is 18.6 Å². The van der Waals surface area contributed by atoms with Crippen LogP contribution in [-0.4, -0.2) is 58.5 Å². The Balaban J connectivity index is 2.14. The number of carboxylic acids is 1. The zero-order valence-corrected chi connectivity index (χ0v) is 16.2. The molecule has 0 aliphatic carbocycles. The number of para-hydroxylation sites is 1. The summed E-state index contributed by atoms with van der Waals surface area (Å²) in [7, 11) is 0. The van der Waals surface area contributed by atoms with Crippen LogP contribution in [0, 0.1) is 0 Å². The molecule has 2 rings (SSSR count). The van der Waals surface area contributed by atoms with Crippen molar-refractivity contribution in [2.75, 3.05) is 6.54 Å². The molecule has 2 aromatic rings. The number of rotatable bonds is 9. The number of hydrogen-bond donors (Lipinski definition) is 6. The van der Waals surface area contributed by atoms with Crippen molar-refractivity contribution in [3.05, 3.63) is 36.0 Å². The van der Waals surface area contributed by atoms with E-state index in [4.69, 9.17) is 10.8 Å². The maximum atomic E-state index is 12.7. The lowest BCUT2D eigenvalue weighted by Crippen LogP contribution is -2.55. The molecule has 0 aliphatic rings. The first-order valence-corrected chi connectivity index (χ1v) is 9.10. The van der Waals surface area contributed by atoms with Crippen molar-refractivity contribution in [3.8, 4) is 0 Å². The highest BCUT2D eigenvalue weighted by atomic mass is 16.4. The van der Waals surface area contributed by atoms with Crippen LogP contribution in [0.4, 0.5) is 0 Å². The van der Waals surface area contributed by atoms with E-state index in [0.717, 1.165) is 16.5 Å². The van der Waals surface area contributed by atoms with Crippen LogP contribution in [0.3, 0.4) is 0 Å². The maximum absolute atomic E-state index is 12.7. The number of amides is 3. The minimum atomic E-state index is -1.20. The summed E-state index contributed by atoms with van der Waals surface area (Å²) in [6.07, 6.45) is 1.93. The van der Waals surface area contributed by atoms with E-state index in [1.807, 2.05) is 24.3 Å². The van der Waals surface area contributed by atoms with Crippen LogP contribution >= 0.6 is 0 Å². The van der Waals surface area contributed by atoms with Gasteiger partial charge in [-0.3, -0.25) is 19.2 Å². The highest BCUT2D eigenvalue weighted by Gasteiger charge is 2.26. The van der Waals surface area contributed by atoms with Crippen LogP contribution in [0.25, 0.3) is 10.9 Å². The third-order valence-corrected chi connectivity index (χ3v) is 4.31. The highest BCUT2D eigenvalue weighted by molar-refractivity contribution is 5.94. The van der Waals surface area contributed by atoms with Gasteiger partial charge in [0.05, 0.1) is 6.04 Å². The van der Waals surface area contributed by atoms with E-state index in [2.05, 4.69) is 20.9 Å². The van der Waals surface area contributed by atoms with Crippen LogP contribution in [-0.2, 0) is 25.6 Å². The van der Waals surface area contributed by atoms with Crippen molar-refractivity contribution in [3.63, 3.8) is 0 Å². The van der Waals surface area contributed by atoms with Gasteiger partial charge in [0.2, 0.25) is 17.7 Å². The molecule has 0 radical (unpaired) electrons. The summed E-state index contributed by atoms with van der Waals surface area (Å²) in [5.74, 6) is -2.93. The first-order valence-electron chi connectivity index (χ1n) is 9.10. The molecule has 0 spiro atoms. The van der Waals surface area contributed by atoms with Crippen molar-refractivity contribution >= 4 is 34.6 Å². The third kappa shape index (κ3) is 6.04. The molecule has 1 aromatic carbocycles. The molecule has 0 saturated heterocycles. The topological polar surface area (TPSA) is 166 Å². The number of nitrogens with two attached hydrogens (primary N) is 1. The monoisotopic (exact) mass is 403 g/mol. The van der Waals surface area contributed by atoms with Crippen LogP contribution < -0.4 is 21.7 Å². The zero-order chi connectivity index (χ0) is 21.6. The molecule has 10 heteroatoms. The van der Waals surface area contributed by atoms with Crippen LogP contribution in [0.15, 0.2) is 30.5 Å². The van der Waals surface area contributed by atoms with Crippen molar-refractivity contribution in [2.45, 2.75) is 38.4 Å². The summed E-state index contributed by atoms with van der Waals surface area (Å²) in [6.45, 7) is 2.36. The predicted molar refractivity (Wildman–Crippen MR) is 106 cm³/mol. The first kappa shape index (κ1) is 21.9. The number of nitrogens with one attached hydrogen (secondary N) is 4. The van der Waals surface area contributed by atoms with E-state index in [9.17, 15) is 19.2 Å². The van der Waals surface area contributed by atoms with Crippen molar-refractivity contribution < 1.29 is 24.3 Å². The fraction of sp³-hybridized carbons (Fsp3) is 0.368. The van der Waals surface area contributed by atoms with Gasteiger partial charge in [0.25, 0.3) is 0 Å². The number of carbonyl (C=O) groups is 4. The molecule has 3 atom stereocenters. The second-order valence-electron chi connectivity index (χ2n) is 6.76. The summed E-state index contributed by atoms with van der Waals surface area (Å²) >= 11 is 0. The van der Waals surface area contributed by atoms with Gasteiger partial charge in [0, 0.05) is 23.5 Å². The van der Waals surface area contributed by atoms with Gasteiger partial charge >= 0.3 is 5.97 Å². The van der Waals surface area contributed by atoms with E-state index in [1.165, 1.54) is 13.8 Å². The zero-order valence-electron chi connectivity index (χ0n) is 16.2. The lowest BCUT2D eigenvalue weighted by Gasteiger charge is -2.22. The number of benzene rings is 1. The molecular weight excluding hydrogens is 378 g/mol. The molecule has 7 N–H and O–H groups in total. The number of H-pyrrole nitrogens is 1. The minimum Gasteiger partial charge on any atom is -0.480 e. The Kier molecular flexibility index (Phi) is 7.32. The van der Waals surface area contributed by atoms with Gasteiger partial charge in [0.15, 0.2) is 0 Å². The molecule has 3 unspecified atom stereocenters. The van der Waals surface area contributed by atoms with Crippen LogP contribution in [0.2, 0.25) is 0 Å². The number of aromatic amines is 1. The van der Waals surface area contributed by atoms with Crippen molar-refractivity contribution in [2.24, 2.45) is 5.73 Å². The van der Waals surface area contributed by atoms with Crippen LogP contribution in [0.5, 0.6) is 0 Å². The molecule has 0 aliphatic heterocycles. The largest absolute Gasteiger partial charge is 0.480 e. The molecular formula is C19H25N5O5. The third-order valence-electron chi connectivity index (χ3n) is 4.31. The first-order chi connectivity index (χ1) is 13.7. The normalized spacial score (nSPS) is 13.9. The highest BCUT2D eigenvalue weighted by Crippen LogP contribution is 2.19. The van der Waals surface area contributed by atoms with E-state index in [1.54, 1.807) is 6.20 Å². The maximum Gasteiger partial charge on any atom is 0.322 e. The molecule has 1 heterocycles. The number of carbonyl (C=O) groups excluding carboxylic acids is 3. The quantitative estimate of drug-likeness (QED) is 0.322. The number of carboxylic acid groups (broad SMARTS) is 1. The molecule has 3 amide bonds. The second-order valence-corrected chi connectivity index (χ2v) is 6.76. The Bertz CT molecular complexity index is 907. The van der Waals surface area contributed by atoms with Gasteiger partial charge in [-0.15, -0.1) is 0 Å². The standard InChI is InChI=1S/C19H25N5O5/c1-10(20)17(27)24-15(7-12-8-21-14-6-4-3-5-13(12)14)19(29)23-11(2)18(28)22-9-16(25)26/h3-6,8,10-11,15,21H,7,9,20H2,1-2H3,(H,22,28)(H,23,29)(H,24,27)(H,25,26). The second kappa shape index (κ2) is 9.69. The molecule has 29 heavy (non-hydrogen) atoms. The molecule has 0 bridgehead atoms. The number of hydrogen-bond acceptors (Lipinski definition) is 5. The lowest BCUT2D eigenvalue weighted by atomic mass is 10.0. The molecule has 1 aromatic heterocycles. The van der Waals surface area contributed by atoms with E-state index in [-0.39, 0.29) is 6.42 Å². The summed E-state index contributed by atoms with van der Waals surface area (Å²) in [5.41, 5.74) is 7.30. The fourth-order valence-corrected chi connectivity index (χ4v) is 2.73. The van der Waals surface area contributed by atoms with Crippen molar-refractivity contribution in [1.29, 1.82) is 0 Å². The van der Waals surface area contributed by atoms with Gasteiger partial charge in [-0.1, -0.05) is 18.2 Å². The minimum absolute atomic E-state index is 0.178. The summed E-state index contributed by atoms with van der Waals surface area (Å²) in [6, 6.07) is 4.76. The van der Waals surface area contributed by atoms with Crippen LogP contribution in [0.1, 0.15) is 19.4 Å². The number of fused-ring (bicyclic) bond motifs is 1. The average Bonchev–Trinajstić information content (AvgIpc) is 3.08. The predicted octanol–water partition coefficient (Wildman–Crippen LogP) is -0.752. The van der Waals surface area contributed by atoms with Gasteiger partial charge < -0.3 is 31.8 Å². The Morgan fingerprint density at radius 3 is 2.41 bits per heavy atom. The number of aliphatic carboxylic acids is 1. The molecule has 0 fully saturated rings. The van der Waals surface area contributed by atoms with E-state index in [0.29, 0.717) is 0 Å². The average molecular weight is 403 g/mol. The van der Waals surface area contributed by atoms with E-state index >= 15 is 0 Å². The Morgan fingerprint density at radius 2 is 1.76 bits per heavy atom. The summed E-state index contributed by atoms with van der Waals surface area (Å²) in [5, 5.41) is 16.8. The fourth-order valence-electron chi connectivity index (χ4n) is 2.73. The van der Waals surface area contributed by atoms with Gasteiger partial charge in [-0.05, 0) is 25.5 Å². The molecule has 0 saturated carbocycles. The Hall–Kier alpha value is -3.40. The smallest absolute Gasteiger partial charge is 0.322 e. The van der Waals surface area contributed by atoms with E-state index < -0.39 is 48.4 Å². The van der Waals surface area contributed by atoms with Crippen molar-refractivity contribution in [1.82, 2.24) is 20.9 Å². The Labute approximate surface area is 167 Å². The summed E-state index contributed by atoms with van der Waals surface area (Å²) < 4.78 is 0. The lowest BCUT2D eigenvalue weighted by molar-refractivity contribution is -0.138. The SMILES string of the molecule is CC(N)C(=O)NC(Cc1c[nH]c2ccccc12)C(=O)NC(C)C(=O)NCC(=O)O. The molecule has 10 nitrogen and oxygen atoms in total. The number of aromatic nitrogens is 1. The Morgan fingerprint density at radius 1 is 1.07 bits per heavy atom. The van der Waals surface area contributed by atoms with Gasteiger partial charge in [-0.25, -0.2) is 0 Å². The summed E-state index contributed by atoms with van der Waals surface area (Å²) in [4.78, 5) is 50.4. The molecule has 156 valence electrons. The van der Waals surface area contributed by atoms with Gasteiger partial charge in [-0.2, -0.15) is 0 Å².